The van der Waals surface area contributed by atoms with Gasteiger partial charge in [-0.25, -0.2) is 32.1 Å². The number of amides is 1. The Morgan fingerprint density at radius 1 is 1.17 bits per heavy atom. The number of hydrogen-bond donors (Lipinski definition) is 0. The molecule has 5 rings (SSSR count). The second-order valence-corrected chi connectivity index (χ2v) is 12.2. The molecule has 0 N–H and O–H groups in total. The van der Waals surface area contributed by atoms with Crippen molar-refractivity contribution in [3.8, 4) is 16.9 Å². The molecular weight excluding hydrogens is 594 g/mol. The van der Waals surface area contributed by atoms with Crippen molar-refractivity contribution >= 4 is 55.8 Å². The van der Waals surface area contributed by atoms with E-state index in [1.807, 2.05) is 11.8 Å². The van der Waals surface area contributed by atoms with Gasteiger partial charge in [0.1, 0.15) is 17.3 Å². The molecule has 0 aliphatic carbocycles. The van der Waals surface area contributed by atoms with Gasteiger partial charge in [0.15, 0.2) is 20.6 Å². The Bertz CT molecular complexity index is 1900. The van der Waals surface area contributed by atoms with Gasteiger partial charge in [-0.3, -0.25) is 4.79 Å². The predicted octanol–water partition coefficient (Wildman–Crippen LogP) is 3.92. The molecule has 0 spiro atoms. The van der Waals surface area contributed by atoms with E-state index in [2.05, 4.69) is 21.5 Å². The van der Waals surface area contributed by atoms with Crippen molar-refractivity contribution in [2.45, 2.75) is 17.9 Å². The first-order valence-electron chi connectivity index (χ1n) is 12.3. The zero-order valence-corrected chi connectivity index (χ0v) is 24.2. The lowest BCUT2D eigenvalue weighted by Crippen LogP contribution is -2.54. The van der Waals surface area contributed by atoms with E-state index in [1.165, 1.54) is 42.6 Å². The Balaban J connectivity index is 1.84. The number of aromatic nitrogens is 4. The van der Waals surface area contributed by atoms with Crippen LogP contribution in [0, 0.1) is 5.82 Å². The minimum absolute atomic E-state index is 0.0259. The summed E-state index contributed by atoms with van der Waals surface area (Å²) in [6.07, 6.45) is 3.41. The number of halogens is 3. The number of fused-ring (bicyclic) bond motifs is 1. The van der Waals surface area contributed by atoms with Crippen LogP contribution in [0.5, 0.6) is 0 Å². The first-order valence-corrected chi connectivity index (χ1v) is 15.0. The van der Waals surface area contributed by atoms with Crippen LogP contribution < -0.4 is 10.6 Å². The fourth-order valence-electron chi connectivity index (χ4n) is 4.88. The number of hydrogen-bond acceptors (Lipinski definition) is 8. The maximum atomic E-state index is 14.9. The minimum atomic E-state index is -3.90. The highest BCUT2D eigenvalue weighted by Gasteiger charge is 2.31. The number of rotatable bonds is 5. The molecule has 0 unspecified atom stereocenters. The summed E-state index contributed by atoms with van der Waals surface area (Å²) in [6.45, 7) is 6.39. The van der Waals surface area contributed by atoms with Crippen molar-refractivity contribution in [3.63, 3.8) is 0 Å². The van der Waals surface area contributed by atoms with Crippen LogP contribution in [0.2, 0.25) is 10.2 Å². The fraction of sp³-hybridized carbons (Fsp3) is 0.222. The normalized spacial score (nSPS) is 15.8. The van der Waals surface area contributed by atoms with Gasteiger partial charge in [0.25, 0.3) is 0 Å². The van der Waals surface area contributed by atoms with Crippen LogP contribution in [-0.2, 0) is 14.6 Å². The number of sulfone groups is 1. The number of benzene rings is 1. The second-order valence-electron chi connectivity index (χ2n) is 9.47. The van der Waals surface area contributed by atoms with Crippen molar-refractivity contribution in [2.24, 2.45) is 0 Å². The van der Waals surface area contributed by atoms with Crippen molar-refractivity contribution in [1.29, 1.82) is 0 Å². The molecule has 3 aromatic heterocycles. The Kier molecular flexibility index (Phi) is 7.58. The van der Waals surface area contributed by atoms with E-state index >= 15 is 0 Å². The zero-order valence-electron chi connectivity index (χ0n) is 21.9. The van der Waals surface area contributed by atoms with E-state index in [-0.39, 0.29) is 60.8 Å². The third kappa shape index (κ3) is 5.18. The fourth-order valence-corrected chi connectivity index (χ4v) is 6.28. The van der Waals surface area contributed by atoms with Gasteiger partial charge in [-0.15, -0.1) is 0 Å². The first-order chi connectivity index (χ1) is 19.4. The van der Waals surface area contributed by atoms with Gasteiger partial charge in [0, 0.05) is 43.7 Å². The van der Waals surface area contributed by atoms with E-state index in [0.717, 1.165) is 10.8 Å². The van der Waals surface area contributed by atoms with Crippen molar-refractivity contribution in [3.05, 3.63) is 81.7 Å². The molecule has 0 saturated carbocycles. The van der Waals surface area contributed by atoms with Gasteiger partial charge in [0.05, 0.1) is 21.0 Å². The standard InChI is InChI=1S/C27H23Cl2FN6O4S/c1-4-21(37)34-11-12-35(15(2)14-34)25-17-13-18(28)22(16-7-5-6-8-19(16)30)32-26(17)36(27(38)33-25)23-20(41(3,39)40)9-10-31-24(23)29/h4-10,13,15H,1,11-12,14H2,2-3H3/t15-/m0/s1. The van der Waals surface area contributed by atoms with E-state index in [9.17, 15) is 22.4 Å². The Morgan fingerprint density at radius 3 is 2.56 bits per heavy atom. The van der Waals surface area contributed by atoms with Gasteiger partial charge in [-0.2, -0.15) is 4.98 Å². The summed E-state index contributed by atoms with van der Waals surface area (Å²) in [7, 11) is -3.90. The molecule has 1 saturated heterocycles. The average Bonchev–Trinajstić information content (AvgIpc) is 2.92. The molecule has 1 fully saturated rings. The quantitative estimate of drug-likeness (QED) is 0.245. The lowest BCUT2D eigenvalue weighted by molar-refractivity contribution is -0.126. The van der Waals surface area contributed by atoms with E-state index in [1.54, 1.807) is 11.0 Å². The van der Waals surface area contributed by atoms with Gasteiger partial charge in [0.2, 0.25) is 5.91 Å². The molecule has 1 aromatic carbocycles. The largest absolute Gasteiger partial charge is 0.355 e. The molecule has 41 heavy (non-hydrogen) atoms. The molecule has 14 heteroatoms. The highest BCUT2D eigenvalue weighted by atomic mass is 35.5. The topological polar surface area (TPSA) is 118 Å². The van der Waals surface area contributed by atoms with Crippen LogP contribution in [0.15, 0.2) is 64.9 Å². The third-order valence-electron chi connectivity index (χ3n) is 6.78. The monoisotopic (exact) mass is 616 g/mol. The van der Waals surface area contributed by atoms with Crippen LogP contribution in [0.25, 0.3) is 28.0 Å². The molecule has 1 amide bonds. The van der Waals surface area contributed by atoms with E-state index in [4.69, 9.17) is 23.2 Å². The molecule has 0 bridgehead atoms. The van der Waals surface area contributed by atoms with Gasteiger partial charge in [-0.05, 0) is 37.3 Å². The highest BCUT2D eigenvalue weighted by Crippen LogP contribution is 2.36. The SMILES string of the molecule is C=CC(=O)N1CCN(c2nc(=O)n(-c3c(S(C)(=O)=O)ccnc3Cl)c3nc(-c4ccccc4F)c(Cl)cc23)[C@@H](C)C1. The smallest absolute Gasteiger partial charge is 0.350 e. The molecular formula is C27H23Cl2FN6O4S. The number of pyridine rings is 2. The molecule has 10 nitrogen and oxygen atoms in total. The van der Waals surface area contributed by atoms with Crippen LogP contribution in [-0.4, -0.2) is 70.7 Å². The predicted molar refractivity (Wildman–Crippen MR) is 155 cm³/mol. The maximum Gasteiger partial charge on any atom is 0.355 e. The Morgan fingerprint density at radius 2 is 1.90 bits per heavy atom. The minimum Gasteiger partial charge on any atom is -0.350 e. The number of anilines is 1. The average molecular weight is 617 g/mol. The van der Waals surface area contributed by atoms with Crippen LogP contribution in [0.3, 0.4) is 0 Å². The number of piperazine rings is 1. The summed E-state index contributed by atoms with van der Waals surface area (Å²) in [5.41, 5.74) is -1.09. The van der Waals surface area contributed by atoms with Crippen molar-refractivity contribution in [1.82, 2.24) is 24.4 Å². The lowest BCUT2D eigenvalue weighted by atomic mass is 10.1. The molecule has 0 radical (unpaired) electrons. The molecule has 4 heterocycles. The maximum absolute atomic E-state index is 14.9. The number of carbonyl (C=O) groups excluding carboxylic acids is 1. The first kappa shape index (κ1) is 28.7. The van der Waals surface area contributed by atoms with Gasteiger partial charge >= 0.3 is 5.69 Å². The Labute approximate surface area is 244 Å². The summed E-state index contributed by atoms with van der Waals surface area (Å²) < 4.78 is 41.3. The summed E-state index contributed by atoms with van der Waals surface area (Å²) in [4.78, 5) is 42.1. The molecule has 1 aliphatic heterocycles. The lowest BCUT2D eigenvalue weighted by Gasteiger charge is -2.40. The van der Waals surface area contributed by atoms with Crippen molar-refractivity contribution in [2.75, 3.05) is 30.8 Å². The number of nitrogens with zero attached hydrogens (tertiary/aromatic N) is 6. The second kappa shape index (κ2) is 10.8. The van der Waals surface area contributed by atoms with Gasteiger partial charge in [-0.1, -0.05) is 41.9 Å². The van der Waals surface area contributed by atoms with Crippen LogP contribution >= 0.6 is 23.2 Å². The zero-order chi connectivity index (χ0) is 29.6. The summed E-state index contributed by atoms with van der Waals surface area (Å²) in [5.74, 6) is -0.601. The molecule has 1 aliphatic rings. The Hall–Kier alpha value is -3.87. The van der Waals surface area contributed by atoms with Crippen LogP contribution in [0.4, 0.5) is 10.2 Å². The van der Waals surface area contributed by atoms with Crippen molar-refractivity contribution < 1.29 is 17.6 Å². The summed E-state index contributed by atoms with van der Waals surface area (Å²) in [6, 6.07) is 8.29. The molecule has 212 valence electrons. The highest BCUT2D eigenvalue weighted by molar-refractivity contribution is 7.90. The van der Waals surface area contributed by atoms with Crippen LogP contribution in [0.1, 0.15) is 6.92 Å². The third-order valence-corrected chi connectivity index (χ3v) is 8.47. The van der Waals surface area contributed by atoms with E-state index in [0.29, 0.717) is 19.6 Å². The number of carbonyl (C=O) groups is 1. The van der Waals surface area contributed by atoms with Gasteiger partial charge < -0.3 is 9.80 Å². The molecule has 4 aromatic rings. The summed E-state index contributed by atoms with van der Waals surface area (Å²) in [5, 5.41) is 0.0778. The molecule has 1 atom stereocenters. The van der Waals surface area contributed by atoms with E-state index < -0.39 is 21.3 Å². The summed E-state index contributed by atoms with van der Waals surface area (Å²) >= 11 is 13.0.